The Morgan fingerprint density at radius 2 is 1.66 bits per heavy atom. The molecule has 3 aliphatic rings. The van der Waals surface area contributed by atoms with Crippen molar-refractivity contribution in [1.82, 2.24) is 15.0 Å². The van der Waals surface area contributed by atoms with Crippen LogP contribution in [0.2, 0.25) is 0 Å². The number of oxazole rings is 1. The third kappa shape index (κ3) is 6.15. The summed E-state index contributed by atoms with van der Waals surface area (Å²) in [6.45, 7) is 3.39. The molecule has 220 valence electrons. The normalized spacial score (nSPS) is 19.9. The van der Waals surface area contributed by atoms with Gasteiger partial charge in [0.05, 0.1) is 18.0 Å². The number of rotatable bonds is 8. The summed E-state index contributed by atoms with van der Waals surface area (Å²) >= 11 is 0. The molecule has 1 aliphatic carbocycles. The Morgan fingerprint density at radius 3 is 2.34 bits per heavy atom. The first-order valence-electron chi connectivity index (χ1n) is 14.0. The highest BCUT2D eigenvalue weighted by atomic mass is 32.2. The molecule has 0 bridgehead atoms. The number of aryl methyl sites for hydroxylation is 1. The average Bonchev–Trinajstić information content (AvgIpc) is 3.48. The summed E-state index contributed by atoms with van der Waals surface area (Å²) in [6.07, 6.45) is 5.77. The van der Waals surface area contributed by atoms with E-state index in [1.54, 1.807) is 23.3 Å². The van der Waals surface area contributed by atoms with Crippen molar-refractivity contribution in [1.29, 1.82) is 0 Å². The number of aliphatic hydroxyl groups excluding tert-OH is 1. The van der Waals surface area contributed by atoms with Crippen LogP contribution >= 0.6 is 0 Å². The predicted molar refractivity (Wildman–Crippen MR) is 152 cm³/mol. The number of aromatic nitrogens is 3. The van der Waals surface area contributed by atoms with Gasteiger partial charge in [-0.05, 0) is 62.3 Å². The maximum Gasteiger partial charge on any atom is 0.251 e. The summed E-state index contributed by atoms with van der Waals surface area (Å²) in [5, 5.41) is 9.12. The van der Waals surface area contributed by atoms with Gasteiger partial charge in [0.2, 0.25) is 21.9 Å². The number of hydrogen-bond acceptors (Lipinski definition) is 9. The Bertz CT molecular complexity index is 1520. The molecule has 2 aromatic heterocycles. The minimum absolute atomic E-state index is 0.168. The second-order valence-corrected chi connectivity index (χ2v) is 13.3. The van der Waals surface area contributed by atoms with E-state index >= 15 is 0 Å². The van der Waals surface area contributed by atoms with Crippen LogP contribution in [0.5, 0.6) is 0 Å². The third-order valence-electron chi connectivity index (χ3n) is 8.37. The summed E-state index contributed by atoms with van der Waals surface area (Å²) in [4.78, 5) is 17.8. The summed E-state index contributed by atoms with van der Waals surface area (Å²) in [5.74, 6) is -2.40. The fourth-order valence-corrected chi connectivity index (χ4v) is 6.50. The van der Waals surface area contributed by atoms with Gasteiger partial charge in [-0.15, -0.1) is 0 Å². The molecule has 4 heterocycles. The lowest BCUT2D eigenvalue weighted by molar-refractivity contribution is -0.0222. The van der Waals surface area contributed by atoms with Gasteiger partial charge in [-0.2, -0.15) is 0 Å². The first kappa shape index (κ1) is 27.8. The van der Waals surface area contributed by atoms with Gasteiger partial charge < -0.3 is 19.3 Å². The molecule has 3 aromatic rings. The molecule has 1 saturated carbocycles. The second-order valence-electron chi connectivity index (χ2n) is 11.4. The Balaban J connectivity index is 1.30. The minimum atomic E-state index is -3.69. The molecule has 3 fully saturated rings. The van der Waals surface area contributed by atoms with E-state index in [-0.39, 0.29) is 37.6 Å². The molecule has 2 N–H and O–H groups in total. The highest BCUT2D eigenvalue weighted by Crippen LogP contribution is 2.54. The van der Waals surface area contributed by atoms with Gasteiger partial charge in [0.15, 0.2) is 0 Å². The number of nitrogens with one attached hydrogen (secondary N) is 1. The van der Waals surface area contributed by atoms with E-state index in [1.165, 1.54) is 12.8 Å². The van der Waals surface area contributed by atoms with Gasteiger partial charge in [0.1, 0.15) is 17.7 Å². The number of anilines is 3. The lowest BCUT2D eigenvalue weighted by Gasteiger charge is -2.35. The lowest BCUT2D eigenvalue weighted by Crippen LogP contribution is -2.40. The second kappa shape index (κ2) is 10.5. The SMILES string of the molecule is Cc1cc(-c2nc(-c3ccc(NS(=O)(=O)CCO)cc3N3CCC4(CC3)CC4)co2)nc(N2CCC(F)(F)CC2)n1. The van der Waals surface area contributed by atoms with Crippen LogP contribution < -0.4 is 14.5 Å². The van der Waals surface area contributed by atoms with E-state index in [9.17, 15) is 17.2 Å². The van der Waals surface area contributed by atoms with Gasteiger partial charge in [0.25, 0.3) is 5.92 Å². The van der Waals surface area contributed by atoms with Crippen molar-refractivity contribution >= 4 is 27.3 Å². The zero-order valence-electron chi connectivity index (χ0n) is 22.9. The molecule has 0 atom stereocenters. The fraction of sp³-hybridized carbons (Fsp3) is 0.536. The molecule has 13 heteroatoms. The number of nitrogens with zero attached hydrogens (tertiary/aromatic N) is 5. The topological polar surface area (TPSA) is 125 Å². The molecule has 0 radical (unpaired) electrons. The van der Waals surface area contributed by atoms with Crippen LogP contribution in [0.1, 0.15) is 44.2 Å². The van der Waals surface area contributed by atoms with Crippen LogP contribution in [-0.4, -0.2) is 72.9 Å². The highest BCUT2D eigenvalue weighted by Gasteiger charge is 2.44. The van der Waals surface area contributed by atoms with Gasteiger partial charge >= 0.3 is 0 Å². The van der Waals surface area contributed by atoms with Crippen LogP contribution in [0.15, 0.2) is 34.9 Å². The molecule has 1 spiro atoms. The number of alkyl halides is 2. The number of aliphatic hydroxyl groups is 1. The molecule has 0 unspecified atom stereocenters. The zero-order valence-corrected chi connectivity index (χ0v) is 23.8. The summed E-state index contributed by atoms with van der Waals surface area (Å²) in [7, 11) is -3.69. The van der Waals surface area contributed by atoms with Crippen molar-refractivity contribution in [2.45, 2.75) is 51.4 Å². The van der Waals surface area contributed by atoms with Gasteiger partial charge in [-0.3, -0.25) is 4.72 Å². The Hall–Kier alpha value is -3.32. The monoisotopic (exact) mass is 588 g/mol. The lowest BCUT2D eigenvalue weighted by atomic mass is 9.93. The quantitative estimate of drug-likeness (QED) is 0.393. The van der Waals surface area contributed by atoms with Crippen LogP contribution in [0.3, 0.4) is 0 Å². The molecule has 2 aliphatic heterocycles. The average molecular weight is 589 g/mol. The van der Waals surface area contributed by atoms with E-state index in [2.05, 4.69) is 19.6 Å². The van der Waals surface area contributed by atoms with Crippen molar-refractivity contribution in [3.05, 3.63) is 36.2 Å². The number of sulfonamides is 1. The van der Waals surface area contributed by atoms with E-state index in [4.69, 9.17) is 14.5 Å². The molecule has 1 aromatic carbocycles. The first-order valence-corrected chi connectivity index (χ1v) is 15.6. The molecular formula is C28H34F2N6O4S. The summed E-state index contributed by atoms with van der Waals surface area (Å²) in [6, 6.07) is 7.05. The van der Waals surface area contributed by atoms with E-state index < -0.39 is 22.6 Å². The van der Waals surface area contributed by atoms with Crippen molar-refractivity contribution in [2.24, 2.45) is 5.41 Å². The number of piperidine rings is 2. The van der Waals surface area contributed by atoms with E-state index in [0.29, 0.717) is 34.1 Å². The van der Waals surface area contributed by atoms with Gasteiger partial charge in [-0.1, -0.05) is 0 Å². The largest absolute Gasteiger partial charge is 0.443 e. The van der Waals surface area contributed by atoms with Gasteiger partial charge in [0, 0.05) is 56.0 Å². The molecular weight excluding hydrogens is 554 g/mol. The van der Waals surface area contributed by atoms with Crippen molar-refractivity contribution in [3.8, 4) is 22.8 Å². The summed E-state index contributed by atoms with van der Waals surface area (Å²) in [5.41, 5.74) is 4.21. The van der Waals surface area contributed by atoms with Crippen LogP contribution in [0, 0.1) is 12.3 Å². The molecule has 10 nitrogen and oxygen atoms in total. The summed E-state index contributed by atoms with van der Waals surface area (Å²) < 4.78 is 60.5. The zero-order chi connectivity index (χ0) is 28.8. The fourth-order valence-electron chi connectivity index (χ4n) is 5.68. The van der Waals surface area contributed by atoms with Crippen LogP contribution in [0.4, 0.5) is 26.1 Å². The van der Waals surface area contributed by atoms with Crippen molar-refractivity contribution < 1.29 is 26.7 Å². The molecule has 6 rings (SSSR count). The number of hydrogen-bond donors (Lipinski definition) is 2. The maximum absolute atomic E-state index is 13.7. The first-order chi connectivity index (χ1) is 19.5. The van der Waals surface area contributed by atoms with Crippen LogP contribution in [-0.2, 0) is 10.0 Å². The van der Waals surface area contributed by atoms with Crippen molar-refractivity contribution in [3.63, 3.8) is 0 Å². The Labute approximate surface area is 237 Å². The standard InChI is InChI=1S/C28H34F2N6O4S/c1-19-16-22(33-26(31-19)36-12-8-28(29,30)9-13-36)25-32-23(18-40-25)21-3-2-20(34-41(38,39)15-14-37)17-24(21)35-10-6-27(4-5-27)7-11-35/h2-3,16-18,34,37H,4-15H2,1H3. The molecule has 41 heavy (non-hydrogen) atoms. The number of halogens is 2. The predicted octanol–water partition coefficient (Wildman–Crippen LogP) is 4.46. The van der Waals surface area contributed by atoms with Crippen molar-refractivity contribution in [2.75, 3.05) is 53.1 Å². The highest BCUT2D eigenvalue weighted by molar-refractivity contribution is 7.92. The molecule has 0 amide bonds. The smallest absolute Gasteiger partial charge is 0.251 e. The Kier molecular flexibility index (Phi) is 7.13. The maximum atomic E-state index is 13.7. The molecule has 2 saturated heterocycles. The third-order valence-corrected chi connectivity index (χ3v) is 9.64. The van der Waals surface area contributed by atoms with Crippen LogP contribution in [0.25, 0.3) is 22.8 Å². The van der Waals surface area contributed by atoms with Gasteiger partial charge in [-0.25, -0.2) is 32.2 Å². The Morgan fingerprint density at radius 1 is 0.951 bits per heavy atom. The minimum Gasteiger partial charge on any atom is -0.443 e. The van der Waals surface area contributed by atoms with E-state index in [1.807, 2.05) is 19.1 Å². The van der Waals surface area contributed by atoms with E-state index in [0.717, 1.165) is 37.2 Å². The number of benzene rings is 1.